The maximum atomic E-state index is 13.0. The molecular formula is C23H24N2O6S2. The van der Waals surface area contributed by atoms with Gasteiger partial charge in [-0.3, -0.25) is 4.72 Å². The summed E-state index contributed by atoms with van der Waals surface area (Å²) in [5.41, 5.74) is 2.08. The lowest BCUT2D eigenvalue weighted by Gasteiger charge is -2.28. The second kappa shape index (κ2) is 9.05. The number of hydrogen-bond donors (Lipinski definition) is 1. The van der Waals surface area contributed by atoms with Gasteiger partial charge in [0.1, 0.15) is 16.4 Å². The minimum absolute atomic E-state index is 0.0307. The molecule has 0 saturated heterocycles. The first kappa shape index (κ1) is 23.1. The Labute approximate surface area is 193 Å². The SMILES string of the molecule is COc1ccc(S(=O)(=O)Nc2ccc3c(c2)CN(S(=O)(=O)c2ccccc2)CC3)c(OC)c1. The molecule has 0 radical (unpaired) electrons. The summed E-state index contributed by atoms with van der Waals surface area (Å²) >= 11 is 0. The van der Waals surface area contributed by atoms with Crippen molar-refractivity contribution < 1.29 is 26.3 Å². The van der Waals surface area contributed by atoms with E-state index in [0.29, 0.717) is 24.4 Å². The molecular weight excluding hydrogens is 464 g/mol. The van der Waals surface area contributed by atoms with E-state index in [9.17, 15) is 16.8 Å². The van der Waals surface area contributed by atoms with Crippen molar-refractivity contribution in [1.82, 2.24) is 4.31 Å². The first-order chi connectivity index (χ1) is 15.7. The average molecular weight is 489 g/mol. The molecule has 1 aliphatic heterocycles. The van der Waals surface area contributed by atoms with Crippen molar-refractivity contribution in [3.63, 3.8) is 0 Å². The molecule has 8 nitrogen and oxygen atoms in total. The zero-order valence-corrected chi connectivity index (χ0v) is 19.8. The summed E-state index contributed by atoms with van der Waals surface area (Å²) < 4.78 is 66.4. The minimum atomic E-state index is -3.95. The van der Waals surface area contributed by atoms with Gasteiger partial charge in [-0.05, 0) is 53.9 Å². The number of rotatable bonds is 7. The van der Waals surface area contributed by atoms with E-state index in [1.807, 2.05) is 6.07 Å². The molecule has 0 spiro atoms. The second-order valence-corrected chi connectivity index (χ2v) is 11.1. The van der Waals surface area contributed by atoms with Gasteiger partial charge in [0.15, 0.2) is 0 Å². The molecule has 174 valence electrons. The van der Waals surface area contributed by atoms with Gasteiger partial charge in [0.2, 0.25) is 10.0 Å². The van der Waals surface area contributed by atoms with E-state index < -0.39 is 20.0 Å². The van der Waals surface area contributed by atoms with Crippen LogP contribution in [0, 0.1) is 0 Å². The van der Waals surface area contributed by atoms with E-state index in [1.165, 1.54) is 36.7 Å². The quantitative estimate of drug-likeness (QED) is 0.548. The molecule has 10 heteroatoms. The van der Waals surface area contributed by atoms with E-state index in [-0.39, 0.29) is 22.1 Å². The van der Waals surface area contributed by atoms with Crippen LogP contribution in [0.25, 0.3) is 0 Å². The van der Waals surface area contributed by atoms with Gasteiger partial charge in [0.25, 0.3) is 10.0 Å². The molecule has 0 bridgehead atoms. The Balaban J connectivity index is 1.60. The summed E-state index contributed by atoms with van der Waals surface area (Å²) in [6.07, 6.45) is 0.542. The van der Waals surface area contributed by atoms with E-state index in [1.54, 1.807) is 42.5 Å². The lowest BCUT2D eigenvalue weighted by atomic mass is 10.0. The van der Waals surface area contributed by atoms with Crippen molar-refractivity contribution in [3.8, 4) is 11.5 Å². The number of nitrogens with one attached hydrogen (secondary N) is 1. The average Bonchev–Trinajstić information content (AvgIpc) is 2.83. The van der Waals surface area contributed by atoms with Crippen LogP contribution in [0.1, 0.15) is 11.1 Å². The standard InChI is InChI=1S/C23H24N2O6S2/c1-30-20-10-11-23(22(15-20)31-2)32(26,27)24-19-9-8-17-12-13-25(16-18(17)14-19)33(28,29)21-6-4-3-5-7-21/h3-11,14-15,24H,12-13,16H2,1-2H3. The third kappa shape index (κ3) is 4.68. The Hall–Kier alpha value is -3.08. The van der Waals surface area contributed by atoms with Crippen molar-refractivity contribution in [3.05, 3.63) is 77.9 Å². The Bertz CT molecular complexity index is 1370. The third-order valence-electron chi connectivity index (χ3n) is 5.48. The molecule has 33 heavy (non-hydrogen) atoms. The van der Waals surface area contributed by atoms with Gasteiger partial charge in [0, 0.05) is 24.8 Å². The van der Waals surface area contributed by atoms with E-state index in [0.717, 1.165) is 11.1 Å². The van der Waals surface area contributed by atoms with Gasteiger partial charge < -0.3 is 9.47 Å². The molecule has 0 aliphatic carbocycles. The number of anilines is 1. The molecule has 0 aromatic heterocycles. The van der Waals surface area contributed by atoms with Crippen LogP contribution in [-0.2, 0) is 33.0 Å². The van der Waals surface area contributed by atoms with E-state index >= 15 is 0 Å². The van der Waals surface area contributed by atoms with E-state index in [4.69, 9.17) is 9.47 Å². The lowest BCUT2D eigenvalue weighted by Crippen LogP contribution is -2.36. The smallest absolute Gasteiger partial charge is 0.265 e. The largest absolute Gasteiger partial charge is 0.497 e. The molecule has 1 N–H and O–H groups in total. The van der Waals surface area contributed by atoms with Crippen molar-refractivity contribution in [2.45, 2.75) is 22.8 Å². The summed E-state index contributed by atoms with van der Waals surface area (Å²) in [6, 6.07) is 17.9. The molecule has 0 saturated carbocycles. The van der Waals surface area contributed by atoms with Gasteiger partial charge in [-0.2, -0.15) is 4.31 Å². The zero-order chi connectivity index (χ0) is 23.6. The number of benzene rings is 3. The summed E-state index contributed by atoms with van der Waals surface area (Å²) in [7, 11) is -4.73. The van der Waals surface area contributed by atoms with Gasteiger partial charge in [-0.15, -0.1) is 0 Å². The van der Waals surface area contributed by atoms with Crippen LogP contribution in [0.5, 0.6) is 11.5 Å². The fourth-order valence-corrected chi connectivity index (χ4v) is 6.39. The minimum Gasteiger partial charge on any atom is -0.497 e. The van der Waals surface area contributed by atoms with Crippen LogP contribution >= 0.6 is 0 Å². The molecule has 0 fully saturated rings. The van der Waals surface area contributed by atoms with Crippen LogP contribution in [-0.4, -0.2) is 41.9 Å². The van der Waals surface area contributed by atoms with Gasteiger partial charge in [-0.1, -0.05) is 24.3 Å². The van der Waals surface area contributed by atoms with Gasteiger partial charge in [0.05, 0.1) is 19.1 Å². The Morgan fingerprint density at radius 3 is 2.30 bits per heavy atom. The van der Waals surface area contributed by atoms with Crippen molar-refractivity contribution >= 4 is 25.7 Å². The monoisotopic (exact) mass is 488 g/mol. The highest BCUT2D eigenvalue weighted by molar-refractivity contribution is 7.92. The molecule has 0 unspecified atom stereocenters. The zero-order valence-electron chi connectivity index (χ0n) is 18.2. The van der Waals surface area contributed by atoms with Crippen LogP contribution in [0.2, 0.25) is 0 Å². The Kier molecular flexibility index (Phi) is 6.33. The molecule has 1 heterocycles. The van der Waals surface area contributed by atoms with Crippen LogP contribution in [0.4, 0.5) is 5.69 Å². The van der Waals surface area contributed by atoms with Crippen molar-refractivity contribution in [2.75, 3.05) is 25.5 Å². The fraction of sp³-hybridized carbons (Fsp3) is 0.217. The van der Waals surface area contributed by atoms with Crippen LogP contribution in [0.15, 0.2) is 76.5 Å². The molecule has 3 aromatic carbocycles. The fourth-order valence-electron chi connectivity index (χ4n) is 3.75. The van der Waals surface area contributed by atoms with Crippen LogP contribution in [0.3, 0.4) is 0 Å². The molecule has 1 aliphatic rings. The van der Waals surface area contributed by atoms with Crippen molar-refractivity contribution in [1.29, 1.82) is 0 Å². The maximum Gasteiger partial charge on any atom is 0.265 e. The highest BCUT2D eigenvalue weighted by atomic mass is 32.2. The first-order valence-electron chi connectivity index (χ1n) is 10.2. The number of ether oxygens (including phenoxy) is 2. The van der Waals surface area contributed by atoms with Crippen LogP contribution < -0.4 is 14.2 Å². The second-order valence-electron chi connectivity index (χ2n) is 7.51. The molecule has 3 aromatic rings. The predicted octanol–water partition coefficient (Wildman–Crippen LogP) is 3.25. The Morgan fingerprint density at radius 2 is 1.61 bits per heavy atom. The van der Waals surface area contributed by atoms with E-state index in [2.05, 4.69) is 4.72 Å². The highest BCUT2D eigenvalue weighted by Gasteiger charge is 2.29. The molecule has 4 rings (SSSR count). The summed E-state index contributed by atoms with van der Waals surface area (Å²) in [4.78, 5) is 0.203. The van der Waals surface area contributed by atoms with Gasteiger partial charge in [-0.25, -0.2) is 16.8 Å². The normalized spacial score (nSPS) is 14.4. The number of fused-ring (bicyclic) bond motifs is 1. The summed E-state index contributed by atoms with van der Waals surface area (Å²) in [5.74, 6) is 0.624. The topological polar surface area (TPSA) is 102 Å². The Morgan fingerprint density at radius 1 is 0.848 bits per heavy atom. The number of hydrogen-bond acceptors (Lipinski definition) is 6. The number of nitrogens with zero attached hydrogens (tertiary/aromatic N) is 1. The summed E-state index contributed by atoms with van der Waals surface area (Å²) in [6.45, 7) is 0.520. The first-order valence-corrected chi connectivity index (χ1v) is 13.1. The predicted molar refractivity (Wildman–Crippen MR) is 125 cm³/mol. The molecule has 0 amide bonds. The third-order valence-corrected chi connectivity index (χ3v) is 8.76. The highest BCUT2D eigenvalue weighted by Crippen LogP contribution is 2.31. The van der Waals surface area contributed by atoms with Gasteiger partial charge >= 0.3 is 0 Å². The lowest BCUT2D eigenvalue weighted by molar-refractivity contribution is 0.386. The maximum absolute atomic E-state index is 13.0. The van der Waals surface area contributed by atoms with Crippen molar-refractivity contribution in [2.24, 2.45) is 0 Å². The summed E-state index contributed by atoms with van der Waals surface area (Å²) in [5, 5.41) is 0. The number of sulfonamides is 2. The molecule has 0 atom stereocenters. The number of methoxy groups -OCH3 is 2.